The number of amides is 1. The highest BCUT2D eigenvalue weighted by Gasteiger charge is 2.32. The quantitative estimate of drug-likeness (QED) is 0.844. The molecule has 146 valence electrons. The second-order valence-electron chi connectivity index (χ2n) is 7.47. The maximum atomic E-state index is 13.2. The molecule has 1 aliphatic rings. The van der Waals surface area contributed by atoms with Crippen LogP contribution >= 0.6 is 0 Å². The van der Waals surface area contributed by atoms with E-state index in [9.17, 15) is 9.18 Å². The van der Waals surface area contributed by atoms with Crippen LogP contribution in [0.1, 0.15) is 37.4 Å². The fourth-order valence-electron chi connectivity index (χ4n) is 3.56. The van der Waals surface area contributed by atoms with Crippen molar-refractivity contribution >= 4 is 5.91 Å². The first-order valence-electron chi connectivity index (χ1n) is 9.41. The van der Waals surface area contributed by atoms with Crippen molar-refractivity contribution in [3.63, 3.8) is 0 Å². The molecule has 1 fully saturated rings. The zero-order valence-corrected chi connectivity index (χ0v) is 15.9. The minimum Gasteiger partial charge on any atom is -0.462 e. The van der Waals surface area contributed by atoms with Gasteiger partial charge in [-0.1, -0.05) is 26.0 Å². The van der Waals surface area contributed by atoms with Crippen molar-refractivity contribution in [3.8, 4) is 0 Å². The third-order valence-corrected chi connectivity index (χ3v) is 5.10. The van der Waals surface area contributed by atoms with Crippen LogP contribution in [0.3, 0.4) is 0 Å². The number of rotatable bonds is 6. The molecule has 1 atom stereocenters. The Kier molecular flexibility index (Phi) is 6.29. The number of carbonyl (C=O) groups excluding carboxylic acids is 1. The smallest absolute Gasteiger partial charge is 0.224 e. The van der Waals surface area contributed by atoms with Crippen molar-refractivity contribution < 1.29 is 18.7 Å². The molecular formula is C21H27FN2O3. The second-order valence-corrected chi connectivity index (χ2v) is 7.47. The molecule has 27 heavy (non-hydrogen) atoms. The number of aliphatic hydroxyl groups excluding tert-OH is 1. The van der Waals surface area contributed by atoms with Crippen LogP contribution in [-0.4, -0.2) is 39.9 Å². The Morgan fingerprint density at radius 2 is 1.85 bits per heavy atom. The first-order chi connectivity index (χ1) is 13.0. The topological polar surface area (TPSA) is 56.9 Å². The van der Waals surface area contributed by atoms with Crippen molar-refractivity contribution in [1.29, 1.82) is 0 Å². The van der Waals surface area contributed by atoms with Gasteiger partial charge in [-0.15, -0.1) is 0 Å². The Bertz CT molecular complexity index is 757. The number of hydrogen-bond donors (Lipinski definition) is 1. The van der Waals surface area contributed by atoms with E-state index in [-0.39, 0.29) is 24.4 Å². The fraction of sp³-hybridized carbons (Fsp3) is 0.476. The first-order valence-corrected chi connectivity index (χ1v) is 9.41. The third kappa shape index (κ3) is 4.96. The normalized spacial score (nSPS) is 18.9. The van der Waals surface area contributed by atoms with E-state index in [1.807, 2.05) is 11.0 Å². The summed E-state index contributed by atoms with van der Waals surface area (Å²) in [6, 6.07) is 10.1. The highest BCUT2D eigenvalue weighted by Crippen LogP contribution is 2.22. The van der Waals surface area contributed by atoms with Gasteiger partial charge in [-0.05, 0) is 35.7 Å². The molecule has 0 saturated carbocycles. The van der Waals surface area contributed by atoms with E-state index in [0.717, 1.165) is 17.9 Å². The lowest BCUT2D eigenvalue weighted by atomic mass is 10.0. The number of halogens is 1. The SMILES string of the molecule is CC(C)[C@@H]1CN(Cc2ccc(CO)o2)CCC(=O)N1Cc1ccc(F)cc1. The van der Waals surface area contributed by atoms with Crippen molar-refractivity contribution in [2.45, 2.75) is 46.0 Å². The zero-order chi connectivity index (χ0) is 19.4. The van der Waals surface area contributed by atoms with Gasteiger partial charge in [-0.25, -0.2) is 4.39 Å². The monoisotopic (exact) mass is 374 g/mol. The molecule has 1 N–H and O–H groups in total. The summed E-state index contributed by atoms with van der Waals surface area (Å²) < 4.78 is 18.8. The number of aliphatic hydroxyl groups is 1. The van der Waals surface area contributed by atoms with Crippen LogP contribution in [0.25, 0.3) is 0 Å². The number of furan rings is 1. The highest BCUT2D eigenvalue weighted by molar-refractivity contribution is 5.77. The molecule has 0 bridgehead atoms. The van der Waals surface area contributed by atoms with Crippen LogP contribution in [0.5, 0.6) is 0 Å². The Hall–Kier alpha value is -2.18. The van der Waals surface area contributed by atoms with Gasteiger partial charge in [0, 0.05) is 32.1 Å². The molecule has 0 aliphatic carbocycles. The molecule has 1 aliphatic heterocycles. The van der Waals surface area contributed by atoms with E-state index in [4.69, 9.17) is 9.52 Å². The van der Waals surface area contributed by atoms with Crippen molar-refractivity contribution in [1.82, 2.24) is 9.80 Å². The van der Waals surface area contributed by atoms with Gasteiger partial charge in [0.2, 0.25) is 5.91 Å². The molecular weight excluding hydrogens is 347 g/mol. The lowest BCUT2D eigenvalue weighted by Crippen LogP contribution is -2.45. The fourth-order valence-corrected chi connectivity index (χ4v) is 3.56. The molecule has 0 spiro atoms. The highest BCUT2D eigenvalue weighted by atomic mass is 19.1. The number of nitrogens with zero attached hydrogens (tertiary/aromatic N) is 2. The predicted octanol–water partition coefficient (Wildman–Crippen LogP) is 3.17. The Morgan fingerprint density at radius 1 is 1.15 bits per heavy atom. The maximum absolute atomic E-state index is 13.2. The number of benzene rings is 1. The minimum absolute atomic E-state index is 0.0670. The Labute approximate surface area is 159 Å². The molecule has 0 radical (unpaired) electrons. The molecule has 3 rings (SSSR count). The lowest BCUT2D eigenvalue weighted by Gasteiger charge is -2.34. The van der Waals surface area contributed by atoms with Crippen LogP contribution in [0.15, 0.2) is 40.8 Å². The maximum Gasteiger partial charge on any atom is 0.224 e. The molecule has 6 heteroatoms. The molecule has 1 aromatic carbocycles. The van der Waals surface area contributed by atoms with Gasteiger partial charge in [0.1, 0.15) is 23.9 Å². The largest absolute Gasteiger partial charge is 0.462 e. The van der Waals surface area contributed by atoms with Crippen molar-refractivity contribution in [3.05, 3.63) is 59.3 Å². The average molecular weight is 374 g/mol. The lowest BCUT2D eigenvalue weighted by molar-refractivity contribution is -0.134. The molecule has 5 nitrogen and oxygen atoms in total. The number of hydrogen-bond acceptors (Lipinski definition) is 4. The predicted molar refractivity (Wildman–Crippen MR) is 100 cm³/mol. The molecule has 0 unspecified atom stereocenters. The zero-order valence-electron chi connectivity index (χ0n) is 15.9. The summed E-state index contributed by atoms with van der Waals surface area (Å²) in [6.07, 6.45) is 0.442. The van der Waals surface area contributed by atoms with E-state index in [1.165, 1.54) is 12.1 Å². The van der Waals surface area contributed by atoms with Gasteiger partial charge in [0.15, 0.2) is 0 Å². The van der Waals surface area contributed by atoms with Crippen LogP contribution in [-0.2, 0) is 24.5 Å². The van der Waals surface area contributed by atoms with Gasteiger partial charge >= 0.3 is 0 Å². The molecule has 2 heterocycles. The summed E-state index contributed by atoms with van der Waals surface area (Å²) in [4.78, 5) is 17.0. The molecule has 2 aromatic rings. The van der Waals surface area contributed by atoms with E-state index < -0.39 is 0 Å². The molecule has 1 saturated heterocycles. The van der Waals surface area contributed by atoms with Crippen LogP contribution in [0, 0.1) is 11.7 Å². The Morgan fingerprint density at radius 3 is 2.48 bits per heavy atom. The molecule has 1 amide bonds. The number of carbonyl (C=O) groups is 1. The summed E-state index contributed by atoms with van der Waals surface area (Å²) in [7, 11) is 0. The van der Waals surface area contributed by atoms with Crippen LogP contribution in [0.2, 0.25) is 0 Å². The average Bonchev–Trinajstić information content (AvgIpc) is 3.04. The van der Waals surface area contributed by atoms with Gasteiger partial charge in [0.25, 0.3) is 0 Å². The summed E-state index contributed by atoms with van der Waals surface area (Å²) in [6.45, 7) is 6.65. The van der Waals surface area contributed by atoms with Gasteiger partial charge in [-0.3, -0.25) is 9.69 Å². The van der Waals surface area contributed by atoms with Crippen LogP contribution < -0.4 is 0 Å². The summed E-state index contributed by atoms with van der Waals surface area (Å²) in [5.74, 6) is 1.49. The van der Waals surface area contributed by atoms with E-state index in [0.29, 0.717) is 37.7 Å². The van der Waals surface area contributed by atoms with E-state index >= 15 is 0 Å². The van der Waals surface area contributed by atoms with E-state index in [1.54, 1.807) is 18.2 Å². The Balaban J connectivity index is 1.74. The molecule has 1 aromatic heterocycles. The van der Waals surface area contributed by atoms with Crippen LogP contribution in [0.4, 0.5) is 4.39 Å². The van der Waals surface area contributed by atoms with Gasteiger partial charge < -0.3 is 14.4 Å². The first kappa shape index (κ1) is 19.6. The summed E-state index contributed by atoms with van der Waals surface area (Å²) >= 11 is 0. The van der Waals surface area contributed by atoms with Gasteiger partial charge in [-0.2, -0.15) is 0 Å². The third-order valence-electron chi connectivity index (χ3n) is 5.10. The summed E-state index contributed by atoms with van der Waals surface area (Å²) in [5.41, 5.74) is 0.933. The summed E-state index contributed by atoms with van der Waals surface area (Å²) in [5, 5.41) is 9.16. The van der Waals surface area contributed by atoms with E-state index in [2.05, 4.69) is 18.7 Å². The van der Waals surface area contributed by atoms with Crippen molar-refractivity contribution in [2.75, 3.05) is 13.1 Å². The van der Waals surface area contributed by atoms with Gasteiger partial charge in [0.05, 0.1) is 6.54 Å². The standard InChI is InChI=1S/C21H27FN2O3/c1-15(2)20-13-23(12-18-7-8-19(14-25)27-18)10-9-21(26)24(20)11-16-3-5-17(22)6-4-16/h3-8,15,20,25H,9-14H2,1-2H3/t20-/m0/s1. The second kappa shape index (κ2) is 8.67. The van der Waals surface area contributed by atoms with Crippen molar-refractivity contribution in [2.24, 2.45) is 5.92 Å². The minimum atomic E-state index is -0.270.